The van der Waals surface area contributed by atoms with Crippen LogP contribution in [0.4, 0.5) is 0 Å². The van der Waals surface area contributed by atoms with Crippen molar-refractivity contribution in [3.8, 4) is 0 Å². The van der Waals surface area contributed by atoms with Crippen LogP contribution < -0.4 is 0 Å². The largest absolute Gasteiger partial charge is 0.480 e. The Morgan fingerprint density at radius 3 is 2.55 bits per heavy atom. The topological polar surface area (TPSA) is 66.8 Å². The summed E-state index contributed by atoms with van der Waals surface area (Å²) in [6.45, 7) is 1.97. The highest BCUT2D eigenvalue weighted by Gasteiger charge is 2.49. The number of rotatable bonds is 2. The number of ether oxygens (including phenoxy) is 1. The average molecular weight is 281 g/mol. The molecule has 5 nitrogen and oxygen atoms in total. The monoisotopic (exact) mass is 281 g/mol. The van der Waals surface area contributed by atoms with Gasteiger partial charge in [0.1, 0.15) is 12.1 Å². The third kappa shape index (κ3) is 2.32. The second-order valence-corrected chi connectivity index (χ2v) is 6.46. The summed E-state index contributed by atoms with van der Waals surface area (Å²) in [5.41, 5.74) is 0. The summed E-state index contributed by atoms with van der Waals surface area (Å²) in [6.07, 6.45) is 6.17. The molecule has 1 saturated carbocycles. The van der Waals surface area contributed by atoms with Crippen molar-refractivity contribution < 1.29 is 19.4 Å². The number of hydrogen-bond acceptors (Lipinski definition) is 3. The standard InChI is InChI=1S/C15H23NO4/c1-9-6-7-13(20-9)14(17)16-11-5-3-2-4-10(11)8-12(16)15(18)19/h9-13H,2-8H2,1H3,(H,18,19)/t9-,10-,11+,12+,13-/m1/s1. The van der Waals surface area contributed by atoms with Crippen molar-refractivity contribution in [2.75, 3.05) is 0 Å². The Bertz CT molecular complexity index is 411. The molecule has 3 fully saturated rings. The highest BCUT2D eigenvalue weighted by molar-refractivity contribution is 5.87. The Morgan fingerprint density at radius 2 is 1.90 bits per heavy atom. The molecule has 112 valence electrons. The van der Waals surface area contributed by atoms with Crippen LogP contribution in [0.15, 0.2) is 0 Å². The molecule has 0 aromatic heterocycles. The van der Waals surface area contributed by atoms with Crippen LogP contribution in [-0.2, 0) is 14.3 Å². The van der Waals surface area contributed by atoms with Crippen molar-refractivity contribution in [3.05, 3.63) is 0 Å². The van der Waals surface area contributed by atoms with E-state index in [0.29, 0.717) is 12.3 Å². The summed E-state index contributed by atoms with van der Waals surface area (Å²) in [6, 6.07) is -0.521. The molecule has 0 aromatic rings. The summed E-state index contributed by atoms with van der Waals surface area (Å²) in [4.78, 5) is 25.9. The quantitative estimate of drug-likeness (QED) is 0.838. The van der Waals surface area contributed by atoms with Crippen LogP contribution in [0, 0.1) is 5.92 Å². The zero-order chi connectivity index (χ0) is 14.3. The summed E-state index contributed by atoms with van der Waals surface area (Å²) in [5, 5.41) is 9.44. The Hall–Kier alpha value is -1.10. The van der Waals surface area contributed by atoms with Crippen molar-refractivity contribution in [1.82, 2.24) is 4.90 Å². The molecular weight excluding hydrogens is 258 g/mol. The maximum absolute atomic E-state index is 12.7. The van der Waals surface area contributed by atoms with Crippen molar-refractivity contribution in [1.29, 1.82) is 0 Å². The van der Waals surface area contributed by atoms with E-state index in [2.05, 4.69) is 0 Å². The predicted molar refractivity (Wildman–Crippen MR) is 72.2 cm³/mol. The molecule has 2 aliphatic heterocycles. The molecule has 0 spiro atoms. The highest BCUT2D eigenvalue weighted by Crippen LogP contribution is 2.41. The van der Waals surface area contributed by atoms with E-state index in [1.54, 1.807) is 4.90 Å². The number of fused-ring (bicyclic) bond motifs is 1. The molecule has 5 heteroatoms. The number of likely N-dealkylation sites (tertiary alicyclic amines) is 1. The normalized spacial score (nSPS) is 40.6. The number of carbonyl (C=O) groups is 2. The van der Waals surface area contributed by atoms with Gasteiger partial charge in [-0.3, -0.25) is 4.79 Å². The molecule has 0 bridgehead atoms. The molecule has 0 unspecified atom stereocenters. The minimum atomic E-state index is -0.862. The lowest BCUT2D eigenvalue weighted by atomic mass is 9.84. The van der Waals surface area contributed by atoms with Gasteiger partial charge in [0.15, 0.2) is 0 Å². The van der Waals surface area contributed by atoms with E-state index in [9.17, 15) is 14.7 Å². The van der Waals surface area contributed by atoms with Crippen LogP contribution in [0.2, 0.25) is 0 Å². The number of amides is 1. The number of carboxylic acids is 1. The molecule has 3 rings (SSSR count). The molecule has 1 amide bonds. The highest BCUT2D eigenvalue weighted by atomic mass is 16.5. The zero-order valence-electron chi connectivity index (χ0n) is 12.0. The van der Waals surface area contributed by atoms with Gasteiger partial charge >= 0.3 is 5.97 Å². The Morgan fingerprint density at radius 1 is 1.15 bits per heavy atom. The molecule has 2 saturated heterocycles. The molecule has 2 heterocycles. The van der Waals surface area contributed by atoms with Crippen LogP contribution in [0.1, 0.15) is 51.9 Å². The average Bonchev–Trinajstić information content (AvgIpc) is 3.01. The van der Waals surface area contributed by atoms with E-state index in [0.717, 1.165) is 38.5 Å². The molecule has 20 heavy (non-hydrogen) atoms. The summed E-state index contributed by atoms with van der Waals surface area (Å²) >= 11 is 0. The maximum Gasteiger partial charge on any atom is 0.326 e. The van der Waals surface area contributed by atoms with Gasteiger partial charge in [0.2, 0.25) is 0 Å². The van der Waals surface area contributed by atoms with E-state index >= 15 is 0 Å². The van der Waals surface area contributed by atoms with E-state index in [-0.39, 0.29) is 18.1 Å². The van der Waals surface area contributed by atoms with Gasteiger partial charge in [0.05, 0.1) is 6.10 Å². The fourth-order valence-corrected chi connectivity index (χ4v) is 4.15. The van der Waals surface area contributed by atoms with Crippen LogP contribution in [0.5, 0.6) is 0 Å². The number of carbonyl (C=O) groups excluding carboxylic acids is 1. The van der Waals surface area contributed by atoms with Gasteiger partial charge in [0.25, 0.3) is 5.91 Å². The molecular formula is C15H23NO4. The first-order valence-corrected chi connectivity index (χ1v) is 7.78. The first-order chi connectivity index (χ1) is 9.58. The van der Waals surface area contributed by atoms with Gasteiger partial charge in [-0.25, -0.2) is 4.79 Å². The summed E-state index contributed by atoms with van der Waals surface area (Å²) in [7, 11) is 0. The Labute approximate surface area is 119 Å². The maximum atomic E-state index is 12.7. The zero-order valence-corrected chi connectivity index (χ0v) is 12.0. The predicted octanol–water partition coefficient (Wildman–Crippen LogP) is 1.80. The fourth-order valence-electron chi connectivity index (χ4n) is 4.15. The number of aliphatic carboxylic acids is 1. The second kappa shape index (κ2) is 5.35. The SMILES string of the molecule is C[C@@H]1CC[C@H](C(=O)N2[C@H](C(=O)O)C[C@H]3CCCC[C@@H]32)O1. The number of hydrogen-bond donors (Lipinski definition) is 1. The third-order valence-corrected chi connectivity index (χ3v) is 5.13. The van der Waals surface area contributed by atoms with E-state index < -0.39 is 18.1 Å². The van der Waals surface area contributed by atoms with Gasteiger partial charge in [-0.05, 0) is 44.9 Å². The molecule has 1 aliphatic carbocycles. The minimum absolute atomic E-state index is 0.0869. The molecule has 3 aliphatic rings. The second-order valence-electron chi connectivity index (χ2n) is 6.46. The lowest BCUT2D eigenvalue weighted by Gasteiger charge is -2.34. The Kier molecular flexibility index (Phi) is 3.71. The van der Waals surface area contributed by atoms with Crippen LogP contribution in [-0.4, -0.2) is 46.2 Å². The van der Waals surface area contributed by atoms with E-state index in [4.69, 9.17) is 4.74 Å². The molecule has 1 N–H and O–H groups in total. The first-order valence-electron chi connectivity index (χ1n) is 7.78. The van der Waals surface area contributed by atoms with Gasteiger partial charge in [-0.2, -0.15) is 0 Å². The van der Waals surface area contributed by atoms with Crippen LogP contribution in [0.3, 0.4) is 0 Å². The van der Waals surface area contributed by atoms with Gasteiger partial charge < -0.3 is 14.7 Å². The van der Waals surface area contributed by atoms with Gasteiger partial charge in [-0.15, -0.1) is 0 Å². The molecule has 0 radical (unpaired) electrons. The molecule has 0 aromatic carbocycles. The lowest BCUT2D eigenvalue weighted by Crippen LogP contribution is -2.50. The van der Waals surface area contributed by atoms with Crippen molar-refractivity contribution in [3.63, 3.8) is 0 Å². The number of nitrogens with zero attached hydrogens (tertiary/aromatic N) is 1. The van der Waals surface area contributed by atoms with Crippen molar-refractivity contribution >= 4 is 11.9 Å². The number of carboxylic acid groups (broad SMARTS) is 1. The van der Waals surface area contributed by atoms with Crippen molar-refractivity contribution in [2.45, 2.75) is 76.2 Å². The minimum Gasteiger partial charge on any atom is -0.480 e. The molecule has 5 atom stereocenters. The smallest absolute Gasteiger partial charge is 0.326 e. The van der Waals surface area contributed by atoms with Crippen LogP contribution >= 0.6 is 0 Å². The fraction of sp³-hybridized carbons (Fsp3) is 0.867. The van der Waals surface area contributed by atoms with Crippen molar-refractivity contribution in [2.24, 2.45) is 5.92 Å². The Balaban J connectivity index is 1.80. The first kappa shape index (κ1) is 13.9. The van der Waals surface area contributed by atoms with Crippen LogP contribution in [0.25, 0.3) is 0 Å². The summed E-state index contributed by atoms with van der Waals surface area (Å²) in [5.74, 6) is -0.581. The summed E-state index contributed by atoms with van der Waals surface area (Å²) < 4.78 is 5.66. The van der Waals surface area contributed by atoms with Gasteiger partial charge in [0, 0.05) is 6.04 Å². The van der Waals surface area contributed by atoms with Gasteiger partial charge in [-0.1, -0.05) is 12.8 Å². The van der Waals surface area contributed by atoms with E-state index in [1.165, 1.54) is 0 Å². The lowest BCUT2D eigenvalue weighted by molar-refractivity contribution is -0.155. The third-order valence-electron chi connectivity index (χ3n) is 5.13. The van der Waals surface area contributed by atoms with E-state index in [1.807, 2.05) is 6.92 Å².